The highest BCUT2D eigenvalue weighted by molar-refractivity contribution is 5.92. The fourth-order valence-electron chi connectivity index (χ4n) is 6.41. The molecule has 0 saturated carbocycles. The highest BCUT2D eigenvalue weighted by Gasteiger charge is 2.41. The van der Waals surface area contributed by atoms with Gasteiger partial charge in [0.15, 0.2) is 11.6 Å². The summed E-state index contributed by atoms with van der Waals surface area (Å²) >= 11 is 0. The second kappa shape index (κ2) is 9.38. The summed E-state index contributed by atoms with van der Waals surface area (Å²) in [6.07, 6.45) is 6.61. The predicted molar refractivity (Wildman–Crippen MR) is 154 cm³/mol. The van der Waals surface area contributed by atoms with E-state index in [-0.39, 0.29) is 6.10 Å². The maximum atomic E-state index is 5.93. The summed E-state index contributed by atoms with van der Waals surface area (Å²) in [7, 11) is 3.74. The van der Waals surface area contributed by atoms with Gasteiger partial charge in [-0.25, -0.2) is 14.6 Å². The van der Waals surface area contributed by atoms with Crippen LogP contribution >= 0.6 is 0 Å². The number of methoxy groups -OCH3 is 1. The number of hydrogen-bond acceptors (Lipinski definition) is 10. The van der Waals surface area contributed by atoms with Crippen LogP contribution < -0.4 is 14.5 Å². The first-order valence-electron chi connectivity index (χ1n) is 14.0. The Kier molecular flexibility index (Phi) is 5.61. The lowest BCUT2D eigenvalue weighted by atomic mass is 10.1. The van der Waals surface area contributed by atoms with E-state index in [9.17, 15) is 0 Å². The lowest BCUT2D eigenvalue weighted by Gasteiger charge is -2.28. The molecule has 12 nitrogen and oxygen atoms in total. The Labute approximate surface area is 236 Å². The number of pyridine rings is 3. The maximum Gasteiger partial charge on any atom is 0.206 e. The zero-order chi connectivity index (χ0) is 27.7. The molecule has 0 radical (unpaired) electrons. The number of ether oxygens (including phenoxy) is 3. The first kappa shape index (κ1) is 24.5. The molecule has 210 valence electrons. The minimum atomic E-state index is 0.235. The van der Waals surface area contributed by atoms with Crippen LogP contribution in [-0.4, -0.2) is 93.0 Å². The van der Waals surface area contributed by atoms with E-state index in [0.717, 1.165) is 88.3 Å². The molecule has 3 saturated heterocycles. The van der Waals surface area contributed by atoms with E-state index in [1.807, 2.05) is 29.9 Å². The third-order valence-corrected chi connectivity index (χ3v) is 8.53. The number of anilines is 2. The number of rotatable bonds is 5. The van der Waals surface area contributed by atoms with Crippen molar-refractivity contribution in [2.45, 2.75) is 25.5 Å². The van der Waals surface area contributed by atoms with Gasteiger partial charge in [-0.05, 0) is 25.5 Å². The average Bonchev–Trinajstić information content (AvgIpc) is 3.81. The van der Waals surface area contributed by atoms with Gasteiger partial charge in [0.1, 0.15) is 11.3 Å². The number of nitrogens with zero attached hydrogens (tertiary/aromatic N) is 9. The third kappa shape index (κ3) is 3.85. The van der Waals surface area contributed by atoms with Crippen LogP contribution in [0.1, 0.15) is 12.1 Å². The smallest absolute Gasteiger partial charge is 0.206 e. The zero-order valence-electron chi connectivity index (χ0n) is 23.3. The molecule has 2 bridgehead atoms. The van der Waals surface area contributed by atoms with Crippen molar-refractivity contribution in [3.05, 3.63) is 42.5 Å². The average molecular weight is 554 g/mol. The minimum Gasteiger partial charge on any atom is -0.496 e. The Bertz CT molecular complexity index is 1790. The molecular weight excluding hydrogens is 522 g/mol. The molecule has 3 aliphatic heterocycles. The topological polar surface area (TPSA) is 108 Å². The monoisotopic (exact) mass is 553 g/mol. The van der Waals surface area contributed by atoms with Crippen molar-refractivity contribution in [3.8, 4) is 22.8 Å². The summed E-state index contributed by atoms with van der Waals surface area (Å²) in [6.45, 7) is 6.55. The Balaban J connectivity index is 1.32. The summed E-state index contributed by atoms with van der Waals surface area (Å²) in [4.78, 5) is 24.3. The molecule has 5 aromatic rings. The lowest BCUT2D eigenvalue weighted by Crippen LogP contribution is -2.38. The summed E-state index contributed by atoms with van der Waals surface area (Å²) < 4.78 is 21.2. The van der Waals surface area contributed by atoms with E-state index in [1.165, 1.54) is 0 Å². The van der Waals surface area contributed by atoms with Crippen molar-refractivity contribution >= 4 is 33.7 Å². The fraction of sp³-hybridized carbons (Fsp3) is 0.414. The Morgan fingerprint density at radius 2 is 1.93 bits per heavy atom. The molecule has 41 heavy (non-hydrogen) atoms. The number of aromatic nitrogens is 7. The van der Waals surface area contributed by atoms with Crippen molar-refractivity contribution in [1.82, 2.24) is 34.3 Å². The summed E-state index contributed by atoms with van der Waals surface area (Å²) in [5, 5.41) is 5.79. The van der Waals surface area contributed by atoms with Crippen LogP contribution in [0.4, 0.5) is 11.8 Å². The first-order chi connectivity index (χ1) is 20.1. The van der Waals surface area contributed by atoms with Crippen LogP contribution in [0.2, 0.25) is 0 Å². The van der Waals surface area contributed by atoms with Crippen molar-refractivity contribution in [1.29, 1.82) is 0 Å². The molecule has 12 heteroatoms. The molecule has 0 spiro atoms. The standard InChI is InChI=1S/C29H31N9O3/c1-17-20-14-31-38(23(20)11-22(32-17)21-13-30-5-4-25(21)39-3)26-12-24-27(28(33-26)37-15-19-10-18(37)16-41-19)34-29(35(24)2)36-6-8-40-9-7-36/h4-5,11-14,18-19H,6-10,15-16H2,1-3H3/t18-,19-/m1/s1. The SMILES string of the molecule is COc1ccncc1-c1cc2c(cnn2-c2cc3c(nc(N4CCOCC4)n3C)c(N3C[C@H]4C[C@@H]3CO4)n2)c(C)n1. The zero-order valence-corrected chi connectivity index (χ0v) is 23.3. The molecule has 0 amide bonds. The summed E-state index contributed by atoms with van der Waals surface area (Å²) in [5.74, 6) is 3.26. The summed E-state index contributed by atoms with van der Waals surface area (Å²) in [5.41, 5.74) is 5.30. The Hall–Kier alpha value is -4.29. The van der Waals surface area contributed by atoms with E-state index in [0.29, 0.717) is 25.9 Å². The molecule has 0 unspecified atom stereocenters. The quantitative estimate of drug-likeness (QED) is 0.322. The lowest BCUT2D eigenvalue weighted by molar-refractivity contribution is 0.0989. The number of hydrogen-bond donors (Lipinski definition) is 0. The van der Waals surface area contributed by atoms with Gasteiger partial charge < -0.3 is 28.6 Å². The number of fused-ring (bicyclic) bond motifs is 4. The molecule has 0 aromatic carbocycles. The first-order valence-corrected chi connectivity index (χ1v) is 14.0. The van der Waals surface area contributed by atoms with Crippen LogP contribution in [0, 0.1) is 6.92 Å². The van der Waals surface area contributed by atoms with Gasteiger partial charge in [0.25, 0.3) is 0 Å². The second-order valence-electron chi connectivity index (χ2n) is 10.9. The molecule has 8 rings (SSSR count). The van der Waals surface area contributed by atoms with Crippen molar-refractivity contribution in [2.75, 3.05) is 56.4 Å². The Morgan fingerprint density at radius 1 is 1.05 bits per heavy atom. The van der Waals surface area contributed by atoms with Crippen molar-refractivity contribution < 1.29 is 14.2 Å². The van der Waals surface area contributed by atoms with E-state index >= 15 is 0 Å². The maximum absolute atomic E-state index is 5.93. The third-order valence-electron chi connectivity index (χ3n) is 8.53. The largest absolute Gasteiger partial charge is 0.496 e. The van der Waals surface area contributed by atoms with Crippen LogP contribution in [0.25, 0.3) is 39.0 Å². The molecule has 2 atom stereocenters. The van der Waals surface area contributed by atoms with Gasteiger partial charge in [-0.3, -0.25) is 9.97 Å². The fourth-order valence-corrected chi connectivity index (χ4v) is 6.41. The molecule has 3 aliphatic rings. The van der Waals surface area contributed by atoms with Crippen LogP contribution in [0.3, 0.4) is 0 Å². The predicted octanol–water partition coefficient (Wildman–Crippen LogP) is 2.90. The Morgan fingerprint density at radius 3 is 2.71 bits per heavy atom. The number of imidazole rings is 1. The molecular formula is C29H31N9O3. The minimum absolute atomic E-state index is 0.235. The van der Waals surface area contributed by atoms with E-state index in [1.54, 1.807) is 19.5 Å². The number of morpholine rings is 2. The van der Waals surface area contributed by atoms with Gasteiger partial charge in [-0.15, -0.1) is 0 Å². The molecule has 5 aromatic heterocycles. The van der Waals surface area contributed by atoms with Gasteiger partial charge in [-0.1, -0.05) is 0 Å². The van der Waals surface area contributed by atoms with Gasteiger partial charge in [-0.2, -0.15) is 5.10 Å². The van der Waals surface area contributed by atoms with E-state index < -0.39 is 0 Å². The van der Waals surface area contributed by atoms with Gasteiger partial charge in [0.2, 0.25) is 5.95 Å². The molecule has 0 aliphatic carbocycles. The molecule has 8 heterocycles. The van der Waals surface area contributed by atoms with Crippen molar-refractivity contribution in [3.63, 3.8) is 0 Å². The second-order valence-corrected chi connectivity index (χ2v) is 10.9. The highest BCUT2D eigenvalue weighted by atomic mass is 16.5. The van der Waals surface area contributed by atoms with E-state index in [4.69, 9.17) is 34.3 Å². The van der Waals surface area contributed by atoms with Crippen LogP contribution in [-0.2, 0) is 16.5 Å². The van der Waals surface area contributed by atoms with Gasteiger partial charge in [0, 0.05) is 56.2 Å². The van der Waals surface area contributed by atoms with Crippen molar-refractivity contribution in [2.24, 2.45) is 7.05 Å². The number of aryl methyl sites for hydroxylation is 2. The molecule has 0 N–H and O–H groups in total. The van der Waals surface area contributed by atoms with Crippen LogP contribution in [0.15, 0.2) is 36.8 Å². The van der Waals surface area contributed by atoms with Gasteiger partial charge >= 0.3 is 0 Å². The van der Waals surface area contributed by atoms with E-state index in [2.05, 4.69) is 32.5 Å². The van der Waals surface area contributed by atoms with Gasteiger partial charge in [0.05, 0.1) is 67.6 Å². The van der Waals surface area contributed by atoms with Crippen LogP contribution in [0.5, 0.6) is 5.75 Å². The summed E-state index contributed by atoms with van der Waals surface area (Å²) in [6, 6.07) is 6.27. The molecule has 3 fully saturated rings. The normalized spacial score (nSPS) is 20.6. The highest BCUT2D eigenvalue weighted by Crippen LogP contribution is 2.38.